The molecule has 10 nitrogen and oxygen atoms in total. The molecule has 0 saturated carbocycles. The van der Waals surface area contributed by atoms with Crippen molar-refractivity contribution in [2.24, 2.45) is 5.73 Å². The quantitative estimate of drug-likeness (QED) is 0.242. The molecular formula is C23H22N8O2. The Morgan fingerprint density at radius 1 is 1.24 bits per heavy atom. The number of rotatable bonds is 8. The third-order valence-corrected chi connectivity index (χ3v) is 4.91. The molecule has 0 radical (unpaired) electrons. The van der Waals surface area contributed by atoms with Gasteiger partial charge in [0.05, 0.1) is 7.11 Å². The second kappa shape index (κ2) is 9.18. The highest BCUT2D eigenvalue weighted by atomic mass is 16.5. The van der Waals surface area contributed by atoms with Gasteiger partial charge in [-0.25, -0.2) is 14.8 Å². The van der Waals surface area contributed by atoms with E-state index >= 15 is 0 Å². The lowest BCUT2D eigenvalue weighted by Gasteiger charge is -2.20. The van der Waals surface area contributed by atoms with E-state index in [1.54, 1.807) is 43.5 Å². The number of aromatic nitrogens is 5. The highest BCUT2D eigenvalue weighted by molar-refractivity contribution is 5.95. The lowest BCUT2D eigenvalue weighted by atomic mass is 10.0. The second-order valence-corrected chi connectivity index (χ2v) is 7.09. The number of hydrogen-bond donors (Lipinski definition) is 4. The predicted octanol–water partition coefficient (Wildman–Crippen LogP) is 2.49. The molecule has 1 atom stereocenters. The Labute approximate surface area is 189 Å². The zero-order chi connectivity index (χ0) is 23.4. The maximum Gasteiger partial charge on any atom is 0.350 e. The molecule has 0 fully saturated rings. The van der Waals surface area contributed by atoms with Gasteiger partial charge in [-0.3, -0.25) is 10.4 Å². The molecule has 5 N–H and O–H groups in total. The maximum absolute atomic E-state index is 12.7. The molecule has 0 bridgehead atoms. The first-order valence-electron chi connectivity index (χ1n) is 9.97. The van der Waals surface area contributed by atoms with Crippen LogP contribution in [0.5, 0.6) is 5.75 Å². The van der Waals surface area contributed by atoms with E-state index in [2.05, 4.69) is 31.9 Å². The van der Waals surface area contributed by atoms with Crippen molar-refractivity contribution in [3.63, 3.8) is 0 Å². The topological polar surface area (TPSA) is 148 Å². The summed E-state index contributed by atoms with van der Waals surface area (Å²) < 4.78 is 6.55. The molecule has 0 aliphatic carbocycles. The molecule has 0 amide bonds. The van der Waals surface area contributed by atoms with Gasteiger partial charge in [-0.1, -0.05) is 12.7 Å². The highest BCUT2D eigenvalue weighted by Gasteiger charge is 2.22. The Kier molecular flexibility index (Phi) is 5.98. The molecule has 2 aromatic carbocycles. The summed E-state index contributed by atoms with van der Waals surface area (Å²) in [6.07, 6.45) is 4.78. The van der Waals surface area contributed by atoms with Crippen LogP contribution in [0.15, 0.2) is 72.3 Å². The van der Waals surface area contributed by atoms with Crippen LogP contribution in [0.1, 0.15) is 28.6 Å². The van der Waals surface area contributed by atoms with Gasteiger partial charge in [-0.2, -0.15) is 0 Å². The largest absolute Gasteiger partial charge is 0.497 e. The minimum Gasteiger partial charge on any atom is -0.497 e. The van der Waals surface area contributed by atoms with Crippen LogP contribution in [-0.2, 0) is 0 Å². The Bertz CT molecular complexity index is 1340. The van der Waals surface area contributed by atoms with Crippen molar-refractivity contribution in [3.05, 3.63) is 101 Å². The van der Waals surface area contributed by atoms with Crippen molar-refractivity contribution < 1.29 is 4.74 Å². The van der Waals surface area contributed by atoms with Gasteiger partial charge in [-0.05, 0) is 59.7 Å². The minimum absolute atomic E-state index is 0.0209. The first-order valence-corrected chi connectivity index (χ1v) is 9.97. The number of H-pyrrole nitrogens is 1. The molecule has 1 unspecified atom stereocenters. The van der Waals surface area contributed by atoms with Crippen LogP contribution in [-0.4, -0.2) is 37.7 Å². The maximum atomic E-state index is 12.7. The molecule has 0 saturated heterocycles. The van der Waals surface area contributed by atoms with Gasteiger partial charge in [0.25, 0.3) is 5.95 Å². The summed E-state index contributed by atoms with van der Waals surface area (Å²) in [5, 5.41) is 15.4. The smallest absolute Gasteiger partial charge is 0.350 e. The summed E-state index contributed by atoms with van der Waals surface area (Å²) in [4.78, 5) is 23.7. The lowest BCUT2D eigenvalue weighted by Crippen LogP contribution is -2.18. The predicted molar refractivity (Wildman–Crippen MR) is 126 cm³/mol. The molecule has 0 aliphatic heterocycles. The van der Waals surface area contributed by atoms with E-state index in [-0.39, 0.29) is 11.8 Å². The van der Waals surface area contributed by atoms with Crippen molar-refractivity contribution in [1.29, 1.82) is 5.41 Å². The summed E-state index contributed by atoms with van der Waals surface area (Å²) in [5.74, 6) is 1.13. The van der Waals surface area contributed by atoms with Crippen molar-refractivity contribution in [3.8, 4) is 11.7 Å². The number of methoxy groups -OCH3 is 1. The van der Waals surface area contributed by atoms with Gasteiger partial charge in [0.15, 0.2) is 5.82 Å². The monoisotopic (exact) mass is 442 g/mol. The standard InChI is InChI=1S/C23H22N8O2/c1-3-14-11-16(13-18(12-14)33-2)19(28-17-7-5-15(6-8-17)20(24)25)21-29-23(32)31(30-21)22-26-9-4-10-27-22/h3-13,19,28H,1H2,2H3,(H3,24,25)(H,29,30,32). The van der Waals surface area contributed by atoms with Crippen molar-refractivity contribution >= 4 is 17.6 Å². The van der Waals surface area contributed by atoms with Gasteiger partial charge in [0.2, 0.25) is 0 Å². The summed E-state index contributed by atoms with van der Waals surface area (Å²) >= 11 is 0. The van der Waals surface area contributed by atoms with E-state index in [4.69, 9.17) is 15.9 Å². The minimum atomic E-state index is -0.556. The van der Waals surface area contributed by atoms with E-state index in [0.29, 0.717) is 17.1 Å². The van der Waals surface area contributed by atoms with Gasteiger partial charge in [-0.15, -0.1) is 9.78 Å². The fourth-order valence-electron chi connectivity index (χ4n) is 3.28. The third kappa shape index (κ3) is 4.64. The normalized spacial score (nSPS) is 11.5. The fourth-order valence-corrected chi connectivity index (χ4v) is 3.28. The first-order chi connectivity index (χ1) is 16.0. The zero-order valence-corrected chi connectivity index (χ0v) is 17.8. The van der Waals surface area contributed by atoms with Crippen molar-refractivity contribution in [1.82, 2.24) is 24.7 Å². The average Bonchev–Trinajstić information content (AvgIpc) is 3.24. The number of benzene rings is 2. The van der Waals surface area contributed by atoms with Gasteiger partial charge >= 0.3 is 5.69 Å². The number of aromatic amines is 1. The van der Waals surface area contributed by atoms with E-state index < -0.39 is 11.7 Å². The molecule has 4 aromatic rings. The number of amidine groups is 1. The summed E-state index contributed by atoms with van der Waals surface area (Å²) in [6.45, 7) is 3.85. The molecule has 4 rings (SSSR count). The molecule has 10 heteroatoms. The number of hydrogen-bond acceptors (Lipinski definition) is 7. The summed E-state index contributed by atoms with van der Waals surface area (Å²) in [5.41, 5.74) is 8.06. The van der Waals surface area contributed by atoms with Gasteiger partial charge < -0.3 is 15.8 Å². The number of nitrogens with one attached hydrogen (secondary N) is 3. The van der Waals surface area contributed by atoms with Crippen molar-refractivity contribution in [2.75, 3.05) is 12.4 Å². The van der Waals surface area contributed by atoms with Crippen LogP contribution in [0, 0.1) is 5.41 Å². The fraction of sp³-hybridized carbons (Fsp3) is 0.0870. The molecule has 2 heterocycles. The number of nitrogens with two attached hydrogens (primary N) is 1. The average molecular weight is 442 g/mol. The Balaban J connectivity index is 1.81. The van der Waals surface area contributed by atoms with Crippen LogP contribution in [0.3, 0.4) is 0 Å². The third-order valence-electron chi connectivity index (χ3n) is 4.91. The molecule has 0 spiro atoms. The van der Waals surface area contributed by atoms with E-state index in [9.17, 15) is 4.79 Å². The van der Waals surface area contributed by atoms with Crippen LogP contribution < -0.4 is 21.5 Å². The van der Waals surface area contributed by atoms with Crippen LogP contribution >= 0.6 is 0 Å². The molecule has 0 aliphatic rings. The highest BCUT2D eigenvalue weighted by Crippen LogP contribution is 2.29. The molecular weight excluding hydrogens is 420 g/mol. The second-order valence-electron chi connectivity index (χ2n) is 7.09. The summed E-state index contributed by atoms with van der Waals surface area (Å²) in [6, 6.07) is 13.8. The van der Waals surface area contributed by atoms with Crippen molar-refractivity contribution in [2.45, 2.75) is 6.04 Å². The number of nitrogens with zero attached hydrogens (tertiary/aromatic N) is 4. The lowest BCUT2D eigenvalue weighted by molar-refractivity contribution is 0.414. The van der Waals surface area contributed by atoms with E-state index in [1.165, 1.54) is 12.4 Å². The molecule has 2 aromatic heterocycles. The number of anilines is 1. The SMILES string of the molecule is C=Cc1cc(OC)cc(C(Nc2ccc(C(=N)N)cc2)c2nn(-c3ncccn3)c(=O)[nH]2)c1. The summed E-state index contributed by atoms with van der Waals surface area (Å²) in [7, 11) is 1.58. The van der Waals surface area contributed by atoms with Crippen LogP contribution in [0.4, 0.5) is 5.69 Å². The van der Waals surface area contributed by atoms with E-state index in [1.807, 2.05) is 18.2 Å². The van der Waals surface area contributed by atoms with Gasteiger partial charge in [0.1, 0.15) is 17.6 Å². The Morgan fingerprint density at radius 3 is 2.61 bits per heavy atom. The zero-order valence-electron chi connectivity index (χ0n) is 17.8. The molecule has 166 valence electrons. The Morgan fingerprint density at radius 2 is 1.97 bits per heavy atom. The number of nitrogen functional groups attached to an aromatic ring is 1. The Hall–Kier alpha value is -4.73. The first kappa shape index (κ1) is 21.5. The van der Waals surface area contributed by atoms with E-state index in [0.717, 1.165) is 21.5 Å². The molecule has 33 heavy (non-hydrogen) atoms. The van der Waals surface area contributed by atoms with Crippen LogP contribution in [0.2, 0.25) is 0 Å². The van der Waals surface area contributed by atoms with Crippen LogP contribution in [0.25, 0.3) is 12.0 Å². The number of ether oxygens (including phenoxy) is 1. The van der Waals surface area contributed by atoms with Gasteiger partial charge in [0, 0.05) is 23.6 Å².